The Morgan fingerprint density at radius 2 is 1.54 bits per heavy atom. The Morgan fingerprint density at radius 1 is 0.951 bits per heavy atom. The quantitative estimate of drug-likeness (QED) is 0.315. The number of rotatable bonds is 9. The van der Waals surface area contributed by atoms with Crippen molar-refractivity contribution in [1.82, 2.24) is 9.80 Å². The lowest BCUT2D eigenvalue weighted by Crippen LogP contribution is -2.51. The molecule has 1 saturated heterocycles. The van der Waals surface area contributed by atoms with E-state index >= 15 is 0 Å². The molecule has 0 saturated carbocycles. The zero-order valence-electron chi connectivity index (χ0n) is 24.0. The number of amides is 2. The lowest BCUT2D eigenvalue weighted by Gasteiger charge is -2.43. The normalized spacial score (nSPS) is 14.5. The number of carbonyl (C=O) groups excluding carboxylic acids is 3. The number of benzene rings is 3. The Balaban J connectivity index is 1.42. The SMILES string of the molecule is CN(C(=O)c1ccc(C#N)cc1)C(c1ccccc1)C(C)(C)C(=O)N1CCC(CC(=O)OCc2ccccc2)CC1. The van der Waals surface area contributed by atoms with Gasteiger partial charge in [-0.1, -0.05) is 60.7 Å². The summed E-state index contributed by atoms with van der Waals surface area (Å²) >= 11 is 0. The molecule has 1 unspecified atom stereocenters. The Bertz CT molecular complexity index is 1370. The first-order valence-electron chi connectivity index (χ1n) is 14.0. The zero-order valence-corrected chi connectivity index (χ0v) is 24.0. The van der Waals surface area contributed by atoms with Crippen molar-refractivity contribution in [2.24, 2.45) is 11.3 Å². The zero-order chi connectivity index (χ0) is 29.4. The summed E-state index contributed by atoms with van der Waals surface area (Å²) in [6.07, 6.45) is 1.78. The first-order valence-corrected chi connectivity index (χ1v) is 14.0. The first kappa shape index (κ1) is 29.5. The van der Waals surface area contributed by atoms with E-state index in [-0.39, 0.29) is 30.3 Å². The van der Waals surface area contributed by atoms with E-state index in [1.54, 1.807) is 36.2 Å². The molecule has 0 aromatic heterocycles. The molecule has 0 spiro atoms. The maximum Gasteiger partial charge on any atom is 0.306 e. The number of piperidine rings is 1. The molecular weight excluding hydrogens is 514 g/mol. The maximum absolute atomic E-state index is 14.0. The van der Waals surface area contributed by atoms with Crippen LogP contribution < -0.4 is 0 Å². The van der Waals surface area contributed by atoms with E-state index in [9.17, 15) is 14.4 Å². The van der Waals surface area contributed by atoms with Crippen molar-refractivity contribution in [2.45, 2.75) is 45.8 Å². The van der Waals surface area contributed by atoms with Gasteiger partial charge in [-0.2, -0.15) is 5.26 Å². The van der Waals surface area contributed by atoms with Crippen molar-refractivity contribution in [3.8, 4) is 6.07 Å². The second kappa shape index (κ2) is 13.3. The van der Waals surface area contributed by atoms with Crippen LogP contribution in [0.5, 0.6) is 0 Å². The molecule has 0 N–H and O–H groups in total. The van der Waals surface area contributed by atoms with Crippen LogP contribution in [0.2, 0.25) is 0 Å². The van der Waals surface area contributed by atoms with Gasteiger partial charge >= 0.3 is 5.97 Å². The third-order valence-corrected chi connectivity index (χ3v) is 7.92. The van der Waals surface area contributed by atoms with Gasteiger partial charge in [-0.25, -0.2) is 0 Å². The highest BCUT2D eigenvalue weighted by atomic mass is 16.5. The average Bonchev–Trinajstić information content (AvgIpc) is 3.00. The molecule has 41 heavy (non-hydrogen) atoms. The Kier molecular flexibility index (Phi) is 9.57. The first-order chi connectivity index (χ1) is 19.7. The molecule has 1 aliphatic rings. The Labute approximate surface area is 242 Å². The van der Waals surface area contributed by atoms with E-state index in [0.717, 1.165) is 24.0 Å². The fourth-order valence-corrected chi connectivity index (χ4v) is 5.67. The van der Waals surface area contributed by atoms with E-state index in [2.05, 4.69) is 6.07 Å². The second-order valence-corrected chi connectivity index (χ2v) is 11.2. The molecule has 0 bridgehead atoms. The summed E-state index contributed by atoms with van der Waals surface area (Å²) in [6, 6.07) is 27.3. The van der Waals surface area contributed by atoms with E-state index < -0.39 is 11.5 Å². The average molecular weight is 552 g/mol. The van der Waals surface area contributed by atoms with Crippen LogP contribution in [0.25, 0.3) is 0 Å². The van der Waals surface area contributed by atoms with E-state index in [0.29, 0.717) is 30.6 Å². The molecule has 3 aromatic carbocycles. The van der Waals surface area contributed by atoms with Crippen molar-refractivity contribution in [2.75, 3.05) is 20.1 Å². The molecule has 0 radical (unpaired) electrons. The predicted molar refractivity (Wildman–Crippen MR) is 156 cm³/mol. The maximum atomic E-state index is 14.0. The van der Waals surface area contributed by atoms with Gasteiger partial charge in [0.2, 0.25) is 5.91 Å². The minimum absolute atomic E-state index is 0.0315. The fraction of sp³-hybridized carbons (Fsp3) is 0.353. The highest BCUT2D eigenvalue weighted by Gasteiger charge is 2.44. The third-order valence-electron chi connectivity index (χ3n) is 7.92. The number of hydrogen-bond acceptors (Lipinski definition) is 5. The molecule has 3 aromatic rings. The standard InChI is InChI=1S/C34H37N3O4/c1-34(2,31(28-12-8-5-9-13-28)36(3)32(39)29-16-14-26(23-35)15-17-29)33(40)37-20-18-25(19-21-37)22-30(38)41-24-27-10-6-4-7-11-27/h4-17,25,31H,18-22,24H2,1-3H3. The van der Waals surface area contributed by atoms with Crippen LogP contribution in [0.1, 0.15) is 66.2 Å². The number of carbonyl (C=O) groups is 3. The number of ether oxygens (including phenoxy) is 1. The van der Waals surface area contributed by atoms with Crippen LogP contribution in [-0.2, 0) is 20.9 Å². The summed E-state index contributed by atoms with van der Waals surface area (Å²) in [5, 5.41) is 9.12. The molecular formula is C34H37N3O4. The lowest BCUT2D eigenvalue weighted by atomic mass is 9.77. The number of nitriles is 1. The van der Waals surface area contributed by atoms with Crippen LogP contribution in [0.4, 0.5) is 0 Å². The molecule has 212 valence electrons. The summed E-state index contributed by atoms with van der Waals surface area (Å²) in [6.45, 7) is 5.15. The van der Waals surface area contributed by atoms with Crippen LogP contribution >= 0.6 is 0 Å². The lowest BCUT2D eigenvalue weighted by molar-refractivity contribution is -0.147. The number of nitrogens with zero attached hydrogens (tertiary/aromatic N) is 3. The van der Waals surface area contributed by atoms with Crippen molar-refractivity contribution < 1.29 is 19.1 Å². The monoisotopic (exact) mass is 551 g/mol. The molecule has 1 fully saturated rings. The number of hydrogen-bond donors (Lipinski definition) is 0. The topological polar surface area (TPSA) is 90.7 Å². The number of esters is 1. The predicted octanol–water partition coefficient (Wildman–Crippen LogP) is 5.77. The Morgan fingerprint density at radius 3 is 2.12 bits per heavy atom. The van der Waals surface area contributed by atoms with Crippen molar-refractivity contribution in [3.05, 3.63) is 107 Å². The van der Waals surface area contributed by atoms with Gasteiger partial charge < -0.3 is 14.5 Å². The summed E-state index contributed by atoms with van der Waals surface area (Å²) in [4.78, 5) is 43.5. The van der Waals surface area contributed by atoms with Gasteiger partial charge in [0.25, 0.3) is 5.91 Å². The van der Waals surface area contributed by atoms with Crippen LogP contribution in [0.15, 0.2) is 84.9 Å². The van der Waals surface area contributed by atoms with Gasteiger partial charge in [0.05, 0.1) is 23.1 Å². The van der Waals surface area contributed by atoms with Gasteiger partial charge in [-0.15, -0.1) is 0 Å². The largest absolute Gasteiger partial charge is 0.461 e. The van der Waals surface area contributed by atoms with Crippen molar-refractivity contribution in [3.63, 3.8) is 0 Å². The summed E-state index contributed by atoms with van der Waals surface area (Å²) in [7, 11) is 1.72. The molecule has 7 nitrogen and oxygen atoms in total. The summed E-state index contributed by atoms with van der Waals surface area (Å²) in [5.74, 6) is -0.310. The second-order valence-electron chi connectivity index (χ2n) is 11.2. The van der Waals surface area contributed by atoms with Crippen LogP contribution in [0, 0.1) is 22.7 Å². The molecule has 1 aliphatic heterocycles. The van der Waals surface area contributed by atoms with E-state index in [1.165, 1.54) is 0 Å². The molecule has 1 atom stereocenters. The molecule has 0 aliphatic carbocycles. The minimum Gasteiger partial charge on any atom is -0.461 e. The molecule has 1 heterocycles. The molecule has 2 amide bonds. The van der Waals surface area contributed by atoms with Gasteiger partial charge in [-0.05, 0) is 68.0 Å². The minimum atomic E-state index is -0.931. The van der Waals surface area contributed by atoms with E-state index in [4.69, 9.17) is 10.00 Å². The number of likely N-dealkylation sites (tertiary alicyclic amines) is 1. The van der Waals surface area contributed by atoms with Gasteiger partial charge in [0.15, 0.2) is 0 Å². The highest BCUT2D eigenvalue weighted by Crippen LogP contribution is 2.41. The van der Waals surface area contributed by atoms with Crippen LogP contribution in [0.3, 0.4) is 0 Å². The Hall–Kier alpha value is -4.44. The summed E-state index contributed by atoms with van der Waals surface area (Å²) < 4.78 is 5.47. The molecule has 7 heteroatoms. The molecule has 4 rings (SSSR count). The van der Waals surface area contributed by atoms with Gasteiger partial charge in [-0.3, -0.25) is 14.4 Å². The fourth-order valence-electron chi connectivity index (χ4n) is 5.67. The van der Waals surface area contributed by atoms with Crippen molar-refractivity contribution in [1.29, 1.82) is 5.26 Å². The van der Waals surface area contributed by atoms with Crippen molar-refractivity contribution >= 4 is 17.8 Å². The smallest absolute Gasteiger partial charge is 0.306 e. The van der Waals surface area contributed by atoms with Crippen LogP contribution in [-0.4, -0.2) is 47.7 Å². The van der Waals surface area contributed by atoms with Gasteiger partial charge in [0, 0.05) is 32.1 Å². The van der Waals surface area contributed by atoms with Gasteiger partial charge in [0.1, 0.15) is 6.61 Å². The van der Waals surface area contributed by atoms with E-state index in [1.807, 2.05) is 79.4 Å². The summed E-state index contributed by atoms with van der Waals surface area (Å²) in [5.41, 5.74) is 1.83. The third kappa shape index (κ3) is 7.20. The highest BCUT2D eigenvalue weighted by molar-refractivity contribution is 5.95.